The van der Waals surface area contributed by atoms with Gasteiger partial charge < -0.3 is 15.2 Å². The topological polar surface area (TPSA) is 93.5 Å². The van der Waals surface area contributed by atoms with Crippen LogP contribution in [0.4, 0.5) is 0 Å². The summed E-state index contributed by atoms with van der Waals surface area (Å²) in [6.45, 7) is 4.25. The fourth-order valence-corrected chi connectivity index (χ4v) is 4.50. The van der Waals surface area contributed by atoms with Crippen molar-refractivity contribution in [1.29, 1.82) is 0 Å². The Morgan fingerprint density at radius 2 is 2.07 bits per heavy atom. The molecule has 8 heteroatoms. The summed E-state index contributed by atoms with van der Waals surface area (Å²) in [4.78, 5) is 30.1. The third-order valence-corrected chi connectivity index (χ3v) is 6.17. The largest absolute Gasteiger partial charge is 0.391 e. The van der Waals surface area contributed by atoms with Gasteiger partial charge in [-0.05, 0) is 62.3 Å². The molecule has 2 N–H and O–H groups in total. The summed E-state index contributed by atoms with van der Waals surface area (Å²) in [6.07, 6.45) is 4.69. The summed E-state index contributed by atoms with van der Waals surface area (Å²) >= 11 is 0. The van der Waals surface area contributed by atoms with Crippen molar-refractivity contribution < 1.29 is 14.6 Å². The van der Waals surface area contributed by atoms with E-state index in [0.29, 0.717) is 23.2 Å². The number of ketones is 1. The van der Waals surface area contributed by atoms with E-state index < -0.39 is 6.10 Å². The molecule has 0 saturated carbocycles. The van der Waals surface area contributed by atoms with Gasteiger partial charge in [0, 0.05) is 25.7 Å². The lowest BCUT2D eigenvalue weighted by Crippen LogP contribution is -2.46. The molecule has 1 aromatic heterocycles. The number of aliphatic hydroxyl groups excluding tert-OH is 1. The van der Waals surface area contributed by atoms with Gasteiger partial charge >= 0.3 is 0 Å². The van der Waals surface area contributed by atoms with Crippen LogP contribution in [0.15, 0.2) is 23.3 Å². The molecule has 2 fully saturated rings. The fourth-order valence-electron chi connectivity index (χ4n) is 4.50. The number of aromatic nitrogens is 2. The number of benzene rings is 1. The number of hydrogen-bond acceptors (Lipinski definition) is 6. The maximum atomic E-state index is 13.1. The van der Waals surface area contributed by atoms with E-state index in [1.165, 1.54) is 10.9 Å². The zero-order valence-electron chi connectivity index (χ0n) is 17.3. The molecule has 2 aliphatic heterocycles. The number of hydrogen-bond donors (Lipinski definition) is 2. The molecule has 7 nitrogen and oxygen atoms in total. The van der Waals surface area contributed by atoms with E-state index in [9.17, 15) is 14.7 Å². The summed E-state index contributed by atoms with van der Waals surface area (Å²) in [7, 11) is 0. The average Bonchev–Trinajstić information content (AvgIpc) is 2.72. The smallest absolute Gasteiger partial charge is 0.261 e. The summed E-state index contributed by atoms with van der Waals surface area (Å²) in [6, 6.07) is 3.83. The first kappa shape index (κ1) is 22.9. The van der Waals surface area contributed by atoms with E-state index in [0.717, 1.165) is 50.1 Å². The Hall–Kier alpha value is -1.80. The van der Waals surface area contributed by atoms with Crippen LogP contribution in [0.3, 0.4) is 0 Å². The number of fused-ring (bicyclic) bond motifs is 1. The Morgan fingerprint density at radius 3 is 2.80 bits per heavy atom. The van der Waals surface area contributed by atoms with E-state index in [1.54, 1.807) is 0 Å². The normalized spacial score (nSPS) is 22.6. The molecule has 0 amide bonds. The van der Waals surface area contributed by atoms with Crippen LogP contribution in [-0.4, -0.2) is 52.3 Å². The van der Waals surface area contributed by atoms with E-state index >= 15 is 0 Å². The Bertz CT molecular complexity index is 955. The van der Waals surface area contributed by atoms with E-state index in [2.05, 4.69) is 16.4 Å². The molecule has 30 heavy (non-hydrogen) atoms. The minimum Gasteiger partial charge on any atom is -0.391 e. The first-order chi connectivity index (χ1) is 14.0. The molecule has 0 aliphatic carbocycles. The highest BCUT2D eigenvalue weighted by Gasteiger charge is 2.25. The molecule has 3 heterocycles. The number of ether oxygens (including phenoxy) is 1. The van der Waals surface area contributed by atoms with Crippen LogP contribution < -0.4 is 10.9 Å². The van der Waals surface area contributed by atoms with Crippen LogP contribution in [0.25, 0.3) is 10.9 Å². The van der Waals surface area contributed by atoms with E-state index in [-0.39, 0.29) is 42.8 Å². The van der Waals surface area contributed by atoms with Crippen LogP contribution in [0.5, 0.6) is 0 Å². The summed E-state index contributed by atoms with van der Waals surface area (Å²) < 4.78 is 6.85. The Morgan fingerprint density at radius 1 is 1.30 bits per heavy atom. The molecular weight excluding hydrogens is 406 g/mol. The minimum absolute atomic E-state index is 0. The predicted octanol–water partition coefficient (Wildman–Crippen LogP) is 2.09. The molecule has 4 rings (SSSR count). The Kier molecular flexibility index (Phi) is 7.63. The quantitative estimate of drug-likeness (QED) is 0.747. The third-order valence-electron chi connectivity index (χ3n) is 6.17. The van der Waals surface area contributed by atoms with Crippen LogP contribution in [0.1, 0.15) is 49.1 Å². The number of aryl methyl sites for hydroxylation is 1. The van der Waals surface area contributed by atoms with Crippen molar-refractivity contribution in [3.8, 4) is 0 Å². The van der Waals surface area contributed by atoms with Gasteiger partial charge in [0.25, 0.3) is 5.56 Å². The van der Waals surface area contributed by atoms with Crippen LogP contribution in [0.2, 0.25) is 0 Å². The lowest BCUT2D eigenvalue weighted by Gasteiger charge is -2.28. The highest BCUT2D eigenvalue weighted by molar-refractivity contribution is 5.85. The van der Waals surface area contributed by atoms with Crippen molar-refractivity contribution in [2.75, 3.05) is 19.8 Å². The van der Waals surface area contributed by atoms with Gasteiger partial charge in [-0.1, -0.05) is 6.07 Å². The lowest BCUT2D eigenvalue weighted by atomic mass is 9.89. The van der Waals surface area contributed by atoms with Gasteiger partial charge in [-0.2, -0.15) is 0 Å². The Labute approximate surface area is 182 Å². The van der Waals surface area contributed by atoms with Gasteiger partial charge in [0.05, 0.1) is 29.9 Å². The monoisotopic (exact) mass is 435 g/mol. The van der Waals surface area contributed by atoms with Gasteiger partial charge in [-0.15, -0.1) is 12.4 Å². The maximum absolute atomic E-state index is 13.1. The van der Waals surface area contributed by atoms with E-state index in [1.807, 2.05) is 13.0 Å². The first-order valence-electron chi connectivity index (χ1n) is 10.5. The number of nitrogens with zero attached hydrogens (tertiary/aromatic N) is 2. The van der Waals surface area contributed by atoms with Crippen LogP contribution >= 0.6 is 12.4 Å². The van der Waals surface area contributed by atoms with Crippen molar-refractivity contribution in [2.45, 2.75) is 63.6 Å². The summed E-state index contributed by atoms with van der Waals surface area (Å²) in [5.41, 5.74) is 2.64. The third kappa shape index (κ3) is 4.91. The zero-order valence-corrected chi connectivity index (χ0v) is 18.1. The van der Waals surface area contributed by atoms with Crippen LogP contribution in [0, 0.1) is 6.92 Å². The fraction of sp³-hybridized carbons (Fsp3) is 0.591. The van der Waals surface area contributed by atoms with Crippen molar-refractivity contribution >= 4 is 29.1 Å². The number of carbonyl (C=O) groups is 1. The van der Waals surface area contributed by atoms with Gasteiger partial charge in [0.2, 0.25) is 0 Å². The first-order valence-corrected chi connectivity index (χ1v) is 10.5. The standard InChI is InChI=1S/C22H29N3O4.ClH/c1-14-9-16(15-4-7-29-8-5-15)10-18-21(14)24-13-25(22(18)28)12-17(26)11-19-20(27)3-2-6-23-19;/h9-10,13,15,19-20,23,27H,2-8,11-12H2,1H3;1H/t19-,20+;/m1./s1. The molecule has 1 aromatic carbocycles. The highest BCUT2D eigenvalue weighted by atomic mass is 35.5. The van der Waals surface area contributed by atoms with Crippen molar-refractivity contribution in [2.24, 2.45) is 0 Å². The average molecular weight is 436 g/mol. The van der Waals surface area contributed by atoms with E-state index in [4.69, 9.17) is 4.74 Å². The molecular formula is C22H30ClN3O4. The molecule has 164 valence electrons. The van der Waals surface area contributed by atoms with Gasteiger partial charge in [0.1, 0.15) is 0 Å². The zero-order chi connectivity index (χ0) is 20.4. The highest BCUT2D eigenvalue weighted by Crippen LogP contribution is 2.29. The van der Waals surface area contributed by atoms with Crippen LogP contribution in [-0.2, 0) is 16.1 Å². The molecule has 2 aromatic rings. The second kappa shape index (κ2) is 10.0. The van der Waals surface area contributed by atoms with Crippen molar-refractivity contribution in [1.82, 2.24) is 14.9 Å². The van der Waals surface area contributed by atoms with Gasteiger partial charge in [-0.3, -0.25) is 14.2 Å². The number of nitrogens with one attached hydrogen (secondary N) is 1. The summed E-state index contributed by atoms with van der Waals surface area (Å²) in [5, 5.41) is 13.8. The second-order valence-corrected chi connectivity index (χ2v) is 8.31. The summed E-state index contributed by atoms with van der Waals surface area (Å²) in [5.74, 6) is 0.310. The second-order valence-electron chi connectivity index (χ2n) is 8.31. The molecule has 0 radical (unpaired) electrons. The molecule has 0 spiro atoms. The van der Waals surface area contributed by atoms with Crippen molar-refractivity contribution in [3.05, 3.63) is 39.9 Å². The van der Waals surface area contributed by atoms with Crippen molar-refractivity contribution in [3.63, 3.8) is 0 Å². The number of Topliss-reactive ketones (excluding diaryl/α,β-unsaturated/α-hetero) is 1. The lowest BCUT2D eigenvalue weighted by molar-refractivity contribution is -0.121. The minimum atomic E-state index is -0.510. The number of rotatable bonds is 5. The molecule has 2 saturated heterocycles. The molecule has 2 aliphatic rings. The maximum Gasteiger partial charge on any atom is 0.261 e. The molecule has 0 unspecified atom stereocenters. The predicted molar refractivity (Wildman–Crippen MR) is 117 cm³/mol. The number of aliphatic hydroxyl groups is 1. The Balaban J connectivity index is 0.00000256. The SMILES string of the molecule is Cc1cc(C2CCOCC2)cc2c(=O)n(CC(=O)C[C@H]3NCCC[C@@H]3O)cnc12.Cl. The molecule has 0 bridgehead atoms. The molecule has 2 atom stereocenters. The van der Waals surface area contributed by atoms with Gasteiger partial charge in [-0.25, -0.2) is 4.98 Å². The number of halogens is 1. The van der Waals surface area contributed by atoms with Gasteiger partial charge in [0.15, 0.2) is 5.78 Å². The number of piperidine rings is 1. The number of carbonyl (C=O) groups excluding carboxylic acids is 1.